The number of carbonyl (C=O) groups excluding carboxylic acids is 1. The Bertz CT molecular complexity index is 838. The lowest BCUT2D eigenvalue weighted by Gasteiger charge is -2.34. The van der Waals surface area contributed by atoms with Crippen LogP contribution in [-0.4, -0.2) is 48.4 Å². The van der Waals surface area contributed by atoms with Crippen LogP contribution in [0.5, 0.6) is 0 Å². The summed E-state index contributed by atoms with van der Waals surface area (Å²) in [6.45, 7) is 4.66. The standard InChI is InChI=1S/C19H19N5OS/c20-11-15-1-3-16(4-2-15)13-23-6-8-24(9-7-23)14-18(25)22-19-17(12-21)5-10-26-19/h1-5,10H,6-9,13-14H2,(H,22,25). The number of amides is 1. The largest absolute Gasteiger partial charge is 0.315 e. The van der Waals surface area contributed by atoms with E-state index >= 15 is 0 Å². The van der Waals surface area contributed by atoms with E-state index in [9.17, 15) is 4.79 Å². The molecule has 0 aliphatic carbocycles. The lowest BCUT2D eigenvalue weighted by Crippen LogP contribution is -2.48. The lowest BCUT2D eigenvalue weighted by molar-refractivity contribution is -0.117. The van der Waals surface area contributed by atoms with Crippen molar-refractivity contribution in [3.05, 3.63) is 52.4 Å². The summed E-state index contributed by atoms with van der Waals surface area (Å²) >= 11 is 1.37. The molecule has 1 saturated heterocycles. The van der Waals surface area contributed by atoms with Crippen molar-refractivity contribution in [3.8, 4) is 12.1 Å². The predicted octanol–water partition coefficient (Wildman–Crippen LogP) is 2.25. The van der Waals surface area contributed by atoms with Crippen molar-refractivity contribution in [1.82, 2.24) is 9.80 Å². The maximum Gasteiger partial charge on any atom is 0.239 e. The SMILES string of the molecule is N#Cc1ccc(CN2CCN(CC(=O)Nc3sccc3C#N)CC2)cc1. The highest BCUT2D eigenvalue weighted by Gasteiger charge is 2.19. The van der Waals surface area contributed by atoms with E-state index in [0.29, 0.717) is 22.7 Å². The number of carbonyl (C=O) groups is 1. The first-order valence-corrected chi connectivity index (χ1v) is 9.27. The fraction of sp³-hybridized carbons (Fsp3) is 0.316. The van der Waals surface area contributed by atoms with Gasteiger partial charge in [0, 0.05) is 32.7 Å². The Labute approximate surface area is 156 Å². The minimum atomic E-state index is -0.0792. The first kappa shape index (κ1) is 18.1. The maximum absolute atomic E-state index is 12.2. The fourth-order valence-corrected chi connectivity index (χ4v) is 3.67. The quantitative estimate of drug-likeness (QED) is 0.879. The molecule has 7 heteroatoms. The molecule has 0 spiro atoms. The molecular formula is C19H19N5OS. The van der Waals surface area contributed by atoms with Gasteiger partial charge in [-0.25, -0.2) is 0 Å². The first-order chi connectivity index (χ1) is 12.7. The molecule has 2 heterocycles. The van der Waals surface area contributed by atoms with Crippen LogP contribution in [0.25, 0.3) is 0 Å². The Balaban J connectivity index is 1.44. The van der Waals surface area contributed by atoms with E-state index in [1.54, 1.807) is 11.4 Å². The molecule has 2 aromatic rings. The van der Waals surface area contributed by atoms with E-state index < -0.39 is 0 Å². The normalized spacial score (nSPS) is 15.2. The summed E-state index contributed by atoms with van der Waals surface area (Å²) in [5, 5.41) is 23.1. The van der Waals surface area contributed by atoms with Gasteiger partial charge in [0.2, 0.25) is 5.91 Å². The highest BCUT2D eigenvalue weighted by molar-refractivity contribution is 7.14. The number of nitrogens with one attached hydrogen (secondary N) is 1. The van der Waals surface area contributed by atoms with Crippen molar-refractivity contribution < 1.29 is 4.79 Å². The molecule has 1 aromatic heterocycles. The van der Waals surface area contributed by atoms with Gasteiger partial charge in [0.25, 0.3) is 0 Å². The van der Waals surface area contributed by atoms with Gasteiger partial charge in [0.05, 0.1) is 23.7 Å². The van der Waals surface area contributed by atoms with Gasteiger partial charge in [-0.3, -0.25) is 14.6 Å². The van der Waals surface area contributed by atoms with Crippen LogP contribution in [0.3, 0.4) is 0 Å². The van der Waals surface area contributed by atoms with Gasteiger partial charge in [0.1, 0.15) is 11.1 Å². The Kier molecular flexibility index (Phi) is 5.98. The van der Waals surface area contributed by atoms with Gasteiger partial charge < -0.3 is 5.32 Å². The molecule has 1 amide bonds. The molecule has 1 aliphatic heterocycles. The molecule has 1 N–H and O–H groups in total. The van der Waals surface area contributed by atoms with Crippen molar-refractivity contribution >= 4 is 22.2 Å². The zero-order valence-electron chi connectivity index (χ0n) is 14.3. The lowest BCUT2D eigenvalue weighted by atomic mass is 10.1. The van der Waals surface area contributed by atoms with Crippen LogP contribution >= 0.6 is 11.3 Å². The smallest absolute Gasteiger partial charge is 0.239 e. The number of anilines is 1. The van der Waals surface area contributed by atoms with Crippen LogP contribution in [0.4, 0.5) is 5.00 Å². The van der Waals surface area contributed by atoms with Crippen LogP contribution in [0.1, 0.15) is 16.7 Å². The monoisotopic (exact) mass is 365 g/mol. The summed E-state index contributed by atoms with van der Waals surface area (Å²) < 4.78 is 0. The van der Waals surface area contributed by atoms with Crippen LogP contribution in [0, 0.1) is 22.7 Å². The average Bonchev–Trinajstić information content (AvgIpc) is 3.11. The topological polar surface area (TPSA) is 83.2 Å². The van der Waals surface area contributed by atoms with Crippen molar-refractivity contribution in [2.45, 2.75) is 6.54 Å². The molecule has 0 bridgehead atoms. The number of hydrogen-bond donors (Lipinski definition) is 1. The van der Waals surface area contributed by atoms with E-state index in [4.69, 9.17) is 10.5 Å². The summed E-state index contributed by atoms with van der Waals surface area (Å²) in [5.74, 6) is -0.0792. The van der Waals surface area contributed by atoms with Gasteiger partial charge in [-0.15, -0.1) is 11.3 Å². The number of thiophene rings is 1. The molecular weight excluding hydrogens is 346 g/mol. The van der Waals surface area contributed by atoms with Gasteiger partial charge in [-0.1, -0.05) is 12.1 Å². The third-order valence-corrected chi connectivity index (χ3v) is 5.19. The van der Waals surface area contributed by atoms with Gasteiger partial charge in [-0.2, -0.15) is 10.5 Å². The second kappa shape index (κ2) is 8.59. The number of benzene rings is 1. The molecule has 3 rings (SSSR count). The molecule has 26 heavy (non-hydrogen) atoms. The molecule has 132 valence electrons. The summed E-state index contributed by atoms with van der Waals surface area (Å²) in [6, 6.07) is 13.6. The van der Waals surface area contributed by atoms with Crippen molar-refractivity contribution in [1.29, 1.82) is 10.5 Å². The molecule has 0 saturated carbocycles. The zero-order chi connectivity index (χ0) is 18.4. The highest BCUT2D eigenvalue weighted by atomic mass is 32.1. The van der Waals surface area contributed by atoms with E-state index in [1.165, 1.54) is 16.9 Å². The van der Waals surface area contributed by atoms with Crippen molar-refractivity contribution in [2.24, 2.45) is 0 Å². The van der Waals surface area contributed by atoms with Crippen LogP contribution in [0.2, 0.25) is 0 Å². The Morgan fingerprint density at radius 2 is 1.73 bits per heavy atom. The molecule has 0 atom stereocenters. The summed E-state index contributed by atoms with van der Waals surface area (Å²) in [4.78, 5) is 16.7. The molecule has 1 fully saturated rings. The molecule has 1 aromatic carbocycles. The number of nitriles is 2. The van der Waals surface area contributed by atoms with Crippen molar-refractivity contribution in [3.63, 3.8) is 0 Å². The highest BCUT2D eigenvalue weighted by Crippen LogP contribution is 2.22. The molecule has 0 unspecified atom stereocenters. The van der Waals surface area contributed by atoms with Gasteiger partial charge in [-0.05, 0) is 29.1 Å². The number of hydrogen-bond acceptors (Lipinski definition) is 6. The Hall–Kier alpha value is -2.71. The van der Waals surface area contributed by atoms with Crippen molar-refractivity contribution in [2.75, 3.05) is 38.0 Å². The predicted molar refractivity (Wildman–Crippen MR) is 101 cm³/mol. The van der Waals surface area contributed by atoms with E-state index in [1.807, 2.05) is 24.3 Å². The third kappa shape index (κ3) is 4.68. The van der Waals surface area contributed by atoms with Gasteiger partial charge >= 0.3 is 0 Å². The second-order valence-corrected chi connectivity index (χ2v) is 7.10. The number of nitrogens with zero attached hydrogens (tertiary/aromatic N) is 4. The van der Waals surface area contributed by atoms with Gasteiger partial charge in [0.15, 0.2) is 0 Å². The molecule has 0 radical (unpaired) electrons. The van der Waals surface area contributed by atoms with E-state index in [0.717, 1.165) is 32.7 Å². The summed E-state index contributed by atoms with van der Waals surface area (Å²) in [7, 11) is 0. The average molecular weight is 365 g/mol. The number of rotatable bonds is 5. The van der Waals surface area contributed by atoms with Crippen LogP contribution in [-0.2, 0) is 11.3 Å². The number of piperazine rings is 1. The van der Waals surface area contributed by atoms with E-state index in [-0.39, 0.29) is 5.91 Å². The Morgan fingerprint density at radius 1 is 1.04 bits per heavy atom. The fourth-order valence-electron chi connectivity index (χ4n) is 2.91. The van der Waals surface area contributed by atoms with Crippen LogP contribution in [0.15, 0.2) is 35.7 Å². The minimum Gasteiger partial charge on any atom is -0.315 e. The first-order valence-electron chi connectivity index (χ1n) is 8.39. The zero-order valence-corrected chi connectivity index (χ0v) is 15.1. The Morgan fingerprint density at radius 3 is 2.38 bits per heavy atom. The summed E-state index contributed by atoms with van der Waals surface area (Å²) in [5.41, 5.74) is 2.38. The van der Waals surface area contributed by atoms with Crippen LogP contribution < -0.4 is 5.32 Å². The molecule has 1 aliphatic rings. The van der Waals surface area contributed by atoms with E-state index in [2.05, 4.69) is 27.3 Å². The molecule has 6 nitrogen and oxygen atoms in total. The maximum atomic E-state index is 12.2. The second-order valence-electron chi connectivity index (χ2n) is 6.18. The summed E-state index contributed by atoms with van der Waals surface area (Å²) in [6.07, 6.45) is 0. The minimum absolute atomic E-state index is 0.0792. The third-order valence-electron chi connectivity index (χ3n) is 4.36.